The number of carbonyl (C=O) groups is 1. The molecule has 2 aromatic heterocycles. The minimum Gasteiger partial charge on any atom is -0.497 e. The predicted octanol–water partition coefficient (Wildman–Crippen LogP) is 4.63. The molecule has 0 aliphatic carbocycles. The molecular formula is C19H20N2O3S. The van der Waals surface area contributed by atoms with Crippen molar-refractivity contribution in [1.29, 1.82) is 0 Å². The lowest BCUT2D eigenvalue weighted by Gasteiger charge is -2.22. The van der Waals surface area contributed by atoms with Crippen molar-refractivity contribution >= 4 is 23.1 Å². The van der Waals surface area contributed by atoms with Gasteiger partial charge in [0.1, 0.15) is 11.5 Å². The zero-order chi connectivity index (χ0) is 17.5. The zero-order valence-electron chi connectivity index (χ0n) is 14.0. The molecule has 0 unspecified atom stereocenters. The first kappa shape index (κ1) is 17.1. The Bertz CT molecular complexity index is 768. The summed E-state index contributed by atoms with van der Waals surface area (Å²) in [7, 11) is 1.61. The Morgan fingerprint density at radius 3 is 2.68 bits per heavy atom. The van der Waals surface area contributed by atoms with Crippen molar-refractivity contribution in [2.45, 2.75) is 13.0 Å². The van der Waals surface area contributed by atoms with Crippen LogP contribution in [0.4, 0.5) is 10.5 Å². The molecule has 0 spiro atoms. The van der Waals surface area contributed by atoms with E-state index in [4.69, 9.17) is 9.15 Å². The standard InChI is InChI=1S/C19H20N2O3S/c1-23-16-8-6-15(7-9-16)20-19(22)21(14-17-4-2-12-24-17)11-10-18-5-3-13-25-18/h2-9,12-13H,10-11,14H2,1H3,(H,20,22). The van der Waals surface area contributed by atoms with E-state index in [1.54, 1.807) is 29.6 Å². The first-order chi connectivity index (χ1) is 12.2. The van der Waals surface area contributed by atoms with Gasteiger partial charge in [0.2, 0.25) is 0 Å². The number of carbonyl (C=O) groups excluding carboxylic acids is 1. The van der Waals surface area contributed by atoms with Crippen LogP contribution in [0.3, 0.4) is 0 Å². The molecule has 0 saturated heterocycles. The lowest BCUT2D eigenvalue weighted by Crippen LogP contribution is -2.35. The molecule has 1 N–H and O–H groups in total. The average molecular weight is 356 g/mol. The van der Waals surface area contributed by atoms with Gasteiger partial charge in [-0.3, -0.25) is 0 Å². The number of amides is 2. The highest BCUT2D eigenvalue weighted by Crippen LogP contribution is 2.17. The van der Waals surface area contributed by atoms with Crippen molar-refractivity contribution in [3.05, 3.63) is 70.8 Å². The number of nitrogens with one attached hydrogen (secondary N) is 1. The highest BCUT2D eigenvalue weighted by Gasteiger charge is 2.16. The number of benzene rings is 1. The van der Waals surface area contributed by atoms with Crippen LogP contribution in [0, 0.1) is 0 Å². The van der Waals surface area contributed by atoms with Gasteiger partial charge in [0.15, 0.2) is 0 Å². The number of hydrogen-bond acceptors (Lipinski definition) is 4. The third kappa shape index (κ3) is 4.87. The van der Waals surface area contributed by atoms with Gasteiger partial charge in [-0.1, -0.05) is 6.07 Å². The van der Waals surface area contributed by atoms with Crippen LogP contribution in [0.15, 0.2) is 64.6 Å². The van der Waals surface area contributed by atoms with Crippen LogP contribution < -0.4 is 10.1 Å². The highest BCUT2D eigenvalue weighted by molar-refractivity contribution is 7.09. The minimum atomic E-state index is -0.155. The quantitative estimate of drug-likeness (QED) is 0.672. The van der Waals surface area contributed by atoms with Gasteiger partial charge in [0.05, 0.1) is 19.9 Å². The number of thiophene rings is 1. The number of nitrogens with zero attached hydrogens (tertiary/aromatic N) is 1. The maximum absolute atomic E-state index is 12.7. The Balaban J connectivity index is 1.66. The smallest absolute Gasteiger partial charge is 0.322 e. The van der Waals surface area contributed by atoms with Gasteiger partial charge < -0.3 is 19.4 Å². The molecule has 5 nitrogen and oxygen atoms in total. The van der Waals surface area contributed by atoms with E-state index in [1.165, 1.54) is 4.88 Å². The summed E-state index contributed by atoms with van der Waals surface area (Å²) in [6.45, 7) is 1.05. The summed E-state index contributed by atoms with van der Waals surface area (Å²) in [6, 6.07) is 14.9. The number of anilines is 1. The van der Waals surface area contributed by atoms with Crippen molar-refractivity contribution in [3.63, 3.8) is 0 Å². The maximum atomic E-state index is 12.7. The predicted molar refractivity (Wildman–Crippen MR) is 99.2 cm³/mol. The largest absolute Gasteiger partial charge is 0.497 e. The third-order valence-electron chi connectivity index (χ3n) is 3.76. The Morgan fingerprint density at radius 1 is 1.20 bits per heavy atom. The SMILES string of the molecule is COc1ccc(NC(=O)N(CCc2cccs2)Cc2ccco2)cc1. The lowest BCUT2D eigenvalue weighted by molar-refractivity contribution is 0.205. The third-order valence-corrected chi connectivity index (χ3v) is 4.70. The molecule has 0 fully saturated rings. The van der Waals surface area contributed by atoms with Crippen LogP contribution >= 0.6 is 11.3 Å². The van der Waals surface area contributed by atoms with Gasteiger partial charge in [-0.15, -0.1) is 11.3 Å². The van der Waals surface area contributed by atoms with Crippen molar-refractivity contribution < 1.29 is 13.9 Å². The van der Waals surface area contributed by atoms with Gasteiger partial charge >= 0.3 is 6.03 Å². The van der Waals surface area contributed by atoms with Crippen LogP contribution in [-0.2, 0) is 13.0 Å². The number of ether oxygens (including phenoxy) is 1. The van der Waals surface area contributed by atoms with Crippen molar-refractivity contribution in [1.82, 2.24) is 4.90 Å². The summed E-state index contributed by atoms with van der Waals surface area (Å²) in [6.07, 6.45) is 2.43. The molecule has 0 radical (unpaired) electrons. The van der Waals surface area contributed by atoms with E-state index in [0.29, 0.717) is 13.1 Å². The normalized spacial score (nSPS) is 10.4. The minimum absolute atomic E-state index is 0.155. The maximum Gasteiger partial charge on any atom is 0.322 e. The zero-order valence-corrected chi connectivity index (χ0v) is 14.8. The van der Waals surface area contributed by atoms with E-state index < -0.39 is 0 Å². The molecule has 0 bridgehead atoms. The summed E-state index contributed by atoms with van der Waals surface area (Å²) >= 11 is 1.70. The van der Waals surface area contributed by atoms with E-state index >= 15 is 0 Å². The monoisotopic (exact) mass is 356 g/mol. The van der Waals surface area contributed by atoms with Crippen molar-refractivity contribution in [2.75, 3.05) is 19.0 Å². The van der Waals surface area contributed by atoms with Gasteiger partial charge in [0, 0.05) is 17.1 Å². The molecule has 1 aromatic carbocycles. The molecule has 3 rings (SSSR count). The number of furan rings is 1. The summed E-state index contributed by atoms with van der Waals surface area (Å²) in [5.41, 5.74) is 0.728. The van der Waals surface area contributed by atoms with Gasteiger partial charge in [-0.2, -0.15) is 0 Å². The van der Waals surface area contributed by atoms with E-state index in [9.17, 15) is 4.79 Å². The van der Waals surface area contributed by atoms with Crippen LogP contribution in [0.25, 0.3) is 0 Å². The molecule has 25 heavy (non-hydrogen) atoms. The van der Waals surface area contributed by atoms with Crippen LogP contribution in [0.2, 0.25) is 0 Å². The van der Waals surface area contributed by atoms with Crippen LogP contribution in [0.1, 0.15) is 10.6 Å². The first-order valence-corrected chi connectivity index (χ1v) is 8.87. The van der Waals surface area contributed by atoms with E-state index in [0.717, 1.165) is 23.6 Å². The fourth-order valence-electron chi connectivity index (χ4n) is 2.42. The Labute approximate surface area is 150 Å². The number of hydrogen-bond donors (Lipinski definition) is 1. The molecule has 0 aliphatic heterocycles. The van der Waals surface area contributed by atoms with E-state index in [2.05, 4.69) is 11.4 Å². The molecular weight excluding hydrogens is 336 g/mol. The molecule has 2 amide bonds. The first-order valence-electron chi connectivity index (χ1n) is 7.99. The molecule has 6 heteroatoms. The molecule has 130 valence electrons. The molecule has 0 atom stereocenters. The average Bonchev–Trinajstić information content (AvgIpc) is 3.33. The fourth-order valence-corrected chi connectivity index (χ4v) is 3.12. The summed E-state index contributed by atoms with van der Waals surface area (Å²) in [5, 5.41) is 4.97. The number of methoxy groups -OCH3 is 1. The second kappa shape index (κ2) is 8.39. The molecule has 0 saturated carbocycles. The van der Waals surface area contributed by atoms with E-state index in [1.807, 2.05) is 47.8 Å². The second-order valence-corrected chi connectivity index (χ2v) is 6.52. The Kier molecular flexibility index (Phi) is 5.74. The topological polar surface area (TPSA) is 54.7 Å². The lowest BCUT2D eigenvalue weighted by atomic mass is 10.3. The Morgan fingerprint density at radius 2 is 2.04 bits per heavy atom. The molecule has 3 aromatic rings. The molecule has 0 aliphatic rings. The van der Waals surface area contributed by atoms with Crippen LogP contribution in [-0.4, -0.2) is 24.6 Å². The Hall–Kier alpha value is -2.73. The van der Waals surface area contributed by atoms with Crippen molar-refractivity contribution in [3.8, 4) is 5.75 Å². The van der Waals surface area contributed by atoms with Crippen molar-refractivity contribution in [2.24, 2.45) is 0 Å². The summed E-state index contributed by atoms with van der Waals surface area (Å²) < 4.78 is 10.5. The van der Waals surface area contributed by atoms with Gasteiger partial charge in [0.25, 0.3) is 0 Å². The number of urea groups is 1. The summed E-state index contributed by atoms with van der Waals surface area (Å²) in [5.74, 6) is 1.51. The number of rotatable bonds is 7. The van der Waals surface area contributed by atoms with E-state index in [-0.39, 0.29) is 6.03 Å². The van der Waals surface area contributed by atoms with Gasteiger partial charge in [-0.05, 0) is 54.3 Å². The molecule has 2 heterocycles. The second-order valence-electron chi connectivity index (χ2n) is 5.49. The van der Waals surface area contributed by atoms with Gasteiger partial charge in [-0.25, -0.2) is 4.79 Å². The van der Waals surface area contributed by atoms with Crippen LogP contribution in [0.5, 0.6) is 5.75 Å². The fraction of sp³-hybridized carbons (Fsp3) is 0.211. The highest BCUT2D eigenvalue weighted by atomic mass is 32.1. The summed E-state index contributed by atoms with van der Waals surface area (Å²) in [4.78, 5) is 15.7.